The smallest absolute Gasteiger partial charge is 0.0484 e. The molecular formula is C13H20N2. The second-order valence-corrected chi connectivity index (χ2v) is 4.32. The summed E-state index contributed by atoms with van der Waals surface area (Å²) in [5.41, 5.74) is 3.60. The Kier molecular flexibility index (Phi) is 3.89. The van der Waals surface area contributed by atoms with E-state index in [1.165, 1.54) is 11.3 Å². The third kappa shape index (κ3) is 2.58. The number of hydrogen-bond donors (Lipinski definition) is 1. The topological polar surface area (TPSA) is 24.9 Å². The fourth-order valence-corrected chi connectivity index (χ4v) is 1.79. The van der Waals surface area contributed by atoms with E-state index in [0.29, 0.717) is 11.8 Å². The summed E-state index contributed by atoms with van der Waals surface area (Å²) in [6.07, 6.45) is 3.57. The monoisotopic (exact) mass is 204 g/mol. The second kappa shape index (κ2) is 4.96. The van der Waals surface area contributed by atoms with E-state index in [2.05, 4.69) is 44.6 Å². The molecule has 0 aliphatic carbocycles. The molecule has 82 valence electrons. The molecule has 15 heavy (non-hydrogen) atoms. The number of aromatic nitrogens is 1. The lowest BCUT2D eigenvalue weighted by Gasteiger charge is -2.18. The molecule has 0 unspecified atom stereocenters. The Morgan fingerprint density at radius 1 is 1.27 bits per heavy atom. The predicted octanol–water partition coefficient (Wildman–Crippen LogP) is 3.88. The van der Waals surface area contributed by atoms with Crippen molar-refractivity contribution in [2.75, 3.05) is 5.32 Å². The van der Waals surface area contributed by atoms with Crippen LogP contribution in [0.3, 0.4) is 0 Å². The quantitative estimate of drug-likeness (QED) is 0.805. The lowest BCUT2D eigenvalue weighted by atomic mass is 9.94. The third-order valence-corrected chi connectivity index (χ3v) is 2.40. The van der Waals surface area contributed by atoms with Crippen molar-refractivity contribution in [1.29, 1.82) is 0 Å². The van der Waals surface area contributed by atoms with Crippen LogP contribution in [0, 0.1) is 0 Å². The normalized spacial score (nSPS) is 10.8. The van der Waals surface area contributed by atoms with E-state index >= 15 is 0 Å². The van der Waals surface area contributed by atoms with E-state index in [0.717, 1.165) is 5.69 Å². The summed E-state index contributed by atoms with van der Waals surface area (Å²) in [6.45, 7) is 12.4. The molecule has 0 bridgehead atoms. The van der Waals surface area contributed by atoms with Gasteiger partial charge in [0.1, 0.15) is 0 Å². The number of pyridine rings is 1. The van der Waals surface area contributed by atoms with Crippen LogP contribution >= 0.6 is 0 Å². The van der Waals surface area contributed by atoms with Crippen molar-refractivity contribution in [2.24, 2.45) is 0 Å². The van der Waals surface area contributed by atoms with Crippen molar-refractivity contribution in [3.63, 3.8) is 0 Å². The molecule has 1 heterocycles. The Labute approximate surface area is 92.4 Å². The average molecular weight is 204 g/mol. The van der Waals surface area contributed by atoms with E-state index < -0.39 is 0 Å². The Balaban J connectivity index is 3.27. The van der Waals surface area contributed by atoms with Crippen molar-refractivity contribution >= 4 is 5.69 Å². The maximum atomic E-state index is 4.47. The number of hydrogen-bond acceptors (Lipinski definition) is 2. The molecule has 0 atom stereocenters. The number of nitrogens with one attached hydrogen (secondary N) is 1. The first-order valence-electron chi connectivity index (χ1n) is 5.44. The molecule has 1 rings (SSSR count). The van der Waals surface area contributed by atoms with Gasteiger partial charge in [0.25, 0.3) is 0 Å². The van der Waals surface area contributed by atoms with Crippen molar-refractivity contribution in [3.05, 3.63) is 36.3 Å². The Morgan fingerprint density at radius 2 is 1.93 bits per heavy atom. The molecule has 1 N–H and O–H groups in total. The number of rotatable bonds is 4. The summed E-state index contributed by atoms with van der Waals surface area (Å²) < 4.78 is 0. The standard InChI is InChI=1S/C13H20N2/c1-6-14-11-7-8-15-13(10(4)5)12(11)9(2)3/h6-10H,1H2,2-5H3,(H,14,15). The molecule has 0 saturated heterocycles. The van der Waals surface area contributed by atoms with Gasteiger partial charge in [-0.05, 0) is 29.7 Å². The van der Waals surface area contributed by atoms with E-state index in [1.807, 2.05) is 12.3 Å². The molecule has 0 aliphatic rings. The van der Waals surface area contributed by atoms with Gasteiger partial charge in [0.2, 0.25) is 0 Å². The summed E-state index contributed by atoms with van der Waals surface area (Å²) in [4.78, 5) is 4.47. The molecule has 0 saturated carbocycles. The van der Waals surface area contributed by atoms with Gasteiger partial charge in [-0.2, -0.15) is 0 Å². The molecule has 0 spiro atoms. The van der Waals surface area contributed by atoms with E-state index in [1.54, 1.807) is 6.20 Å². The van der Waals surface area contributed by atoms with Crippen molar-refractivity contribution < 1.29 is 0 Å². The first kappa shape index (κ1) is 11.8. The van der Waals surface area contributed by atoms with Crippen LogP contribution in [0.2, 0.25) is 0 Å². The van der Waals surface area contributed by atoms with Crippen molar-refractivity contribution in [3.8, 4) is 0 Å². The van der Waals surface area contributed by atoms with E-state index in [4.69, 9.17) is 0 Å². The largest absolute Gasteiger partial charge is 0.362 e. The number of nitrogens with zero attached hydrogens (tertiary/aromatic N) is 1. The zero-order valence-electron chi connectivity index (χ0n) is 10.0. The van der Waals surface area contributed by atoms with Crippen LogP contribution in [-0.2, 0) is 0 Å². The second-order valence-electron chi connectivity index (χ2n) is 4.32. The summed E-state index contributed by atoms with van der Waals surface area (Å²) >= 11 is 0. The SMILES string of the molecule is C=CNc1ccnc(C(C)C)c1C(C)C. The van der Waals surface area contributed by atoms with Gasteiger partial charge in [0.05, 0.1) is 0 Å². The zero-order chi connectivity index (χ0) is 11.4. The predicted molar refractivity (Wildman–Crippen MR) is 66.2 cm³/mol. The highest BCUT2D eigenvalue weighted by Crippen LogP contribution is 2.30. The average Bonchev–Trinajstić information content (AvgIpc) is 2.17. The molecule has 0 aromatic carbocycles. The van der Waals surface area contributed by atoms with Crippen LogP contribution in [0.4, 0.5) is 5.69 Å². The van der Waals surface area contributed by atoms with Crippen LogP contribution in [0.1, 0.15) is 50.8 Å². The van der Waals surface area contributed by atoms with Gasteiger partial charge < -0.3 is 5.32 Å². The van der Waals surface area contributed by atoms with Gasteiger partial charge in [0, 0.05) is 17.6 Å². The summed E-state index contributed by atoms with van der Waals surface area (Å²) in [5, 5.41) is 3.18. The minimum absolute atomic E-state index is 0.453. The van der Waals surface area contributed by atoms with Crippen LogP contribution in [-0.4, -0.2) is 4.98 Å². The summed E-state index contributed by atoms with van der Waals surface area (Å²) in [7, 11) is 0. The molecule has 1 aromatic heterocycles. The maximum Gasteiger partial charge on any atom is 0.0484 e. The maximum absolute atomic E-state index is 4.47. The fraction of sp³-hybridized carbons (Fsp3) is 0.462. The van der Waals surface area contributed by atoms with Crippen LogP contribution in [0.15, 0.2) is 25.0 Å². The molecule has 0 radical (unpaired) electrons. The van der Waals surface area contributed by atoms with Crippen molar-refractivity contribution in [1.82, 2.24) is 4.98 Å². The van der Waals surface area contributed by atoms with Gasteiger partial charge in [-0.15, -0.1) is 0 Å². The molecule has 0 aliphatic heterocycles. The third-order valence-electron chi connectivity index (χ3n) is 2.40. The Morgan fingerprint density at radius 3 is 2.40 bits per heavy atom. The van der Waals surface area contributed by atoms with Gasteiger partial charge >= 0.3 is 0 Å². The van der Waals surface area contributed by atoms with Crippen molar-refractivity contribution in [2.45, 2.75) is 39.5 Å². The van der Waals surface area contributed by atoms with E-state index in [9.17, 15) is 0 Å². The first-order valence-corrected chi connectivity index (χ1v) is 5.44. The van der Waals surface area contributed by atoms with Crippen LogP contribution in [0.5, 0.6) is 0 Å². The van der Waals surface area contributed by atoms with Gasteiger partial charge in [-0.1, -0.05) is 34.3 Å². The minimum Gasteiger partial charge on any atom is -0.362 e. The molecule has 2 heteroatoms. The molecular weight excluding hydrogens is 184 g/mol. The molecule has 2 nitrogen and oxygen atoms in total. The summed E-state index contributed by atoms with van der Waals surface area (Å²) in [5.74, 6) is 0.924. The zero-order valence-corrected chi connectivity index (χ0v) is 10.0. The molecule has 0 amide bonds. The Bertz CT molecular complexity index is 340. The Hall–Kier alpha value is -1.31. The first-order chi connectivity index (χ1) is 7.07. The van der Waals surface area contributed by atoms with Crippen LogP contribution in [0.25, 0.3) is 0 Å². The van der Waals surface area contributed by atoms with Gasteiger partial charge in [-0.3, -0.25) is 4.98 Å². The lowest BCUT2D eigenvalue weighted by Crippen LogP contribution is -2.05. The highest BCUT2D eigenvalue weighted by atomic mass is 14.9. The highest BCUT2D eigenvalue weighted by molar-refractivity contribution is 5.56. The van der Waals surface area contributed by atoms with Crippen LogP contribution < -0.4 is 5.32 Å². The minimum atomic E-state index is 0.453. The van der Waals surface area contributed by atoms with E-state index in [-0.39, 0.29) is 0 Å². The van der Waals surface area contributed by atoms with Gasteiger partial charge in [-0.25, -0.2) is 0 Å². The highest BCUT2D eigenvalue weighted by Gasteiger charge is 2.14. The lowest BCUT2D eigenvalue weighted by molar-refractivity contribution is 0.759. The molecule has 0 fully saturated rings. The van der Waals surface area contributed by atoms with Gasteiger partial charge in [0.15, 0.2) is 0 Å². The molecule has 1 aromatic rings. The number of anilines is 1. The summed E-state index contributed by atoms with van der Waals surface area (Å²) in [6, 6.07) is 2.00. The fourth-order valence-electron chi connectivity index (χ4n) is 1.79.